The summed E-state index contributed by atoms with van der Waals surface area (Å²) in [6.07, 6.45) is 4.13. The van der Waals surface area contributed by atoms with Gasteiger partial charge in [0.2, 0.25) is 0 Å². The van der Waals surface area contributed by atoms with Gasteiger partial charge in [0.05, 0.1) is 0 Å². The van der Waals surface area contributed by atoms with Crippen LogP contribution < -0.4 is 0 Å². The van der Waals surface area contributed by atoms with E-state index in [4.69, 9.17) is 0 Å². The van der Waals surface area contributed by atoms with Crippen LogP contribution in [0, 0.1) is 11.7 Å². The first-order chi connectivity index (χ1) is 13.3. The highest BCUT2D eigenvalue weighted by atomic mass is 32.3. The second-order valence-corrected chi connectivity index (χ2v) is 11.3. The Morgan fingerprint density at radius 1 is 0.966 bits per heavy atom. The molecule has 1 aliphatic heterocycles. The Bertz CT molecular complexity index is 914. The zero-order valence-electron chi connectivity index (χ0n) is 14.8. The van der Waals surface area contributed by atoms with Gasteiger partial charge in [0.25, 0.3) is 0 Å². The Balaban J connectivity index is 2.26. The Kier molecular flexibility index (Phi) is 5.76. The van der Waals surface area contributed by atoms with Gasteiger partial charge in [-0.2, -0.15) is 38.4 Å². The summed E-state index contributed by atoms with van der Waals surface area (Å²) in [6, 6.07) is 2.28. The number of halogens is 7. The Morgan fingerprint density at radius 3 is 2.07 bits per heavy atom. The first kappa shape index (κ1) is 22.4. The summed E-state index contributed by atoms with van der Waals surface area (Å²) in [5, 5.41) is 0. The summed E-state index contributed by atoms with van der Waals surface area (Å²) in [4.78, 5) is -1.45. The molecule has 3 nitrogen and oxygen atoms in total. The van der Waals surface area contributed by atoms with E-state index in [1.807, 2.05) is 0 Å². The van der Waals surface area contributed by atoms with Crippen molar-refractivity contribution in [2.75, 3.05) is 0 Å². The topological polar surface area (TPSA) is 43.4 Å². The minimum absolute atomic E-state index is 0.185. The van der Waals surface area contributed by atoms with Gasteiger partial charge < -0.3 is 0 Å². The van der Waals surface area contributed by atoms with E-state index in [0.29, 0.717) is 18.9 Å². The van der Waals surface area contributed by atoms with Gasteiger partial charge in [0, 0.05) is 20.1 Å². The van der Waals surface area contributed by atoms with Crippen LogP contribution in [0.5, 0.6) is 0 Å². The van der Waals surface area contributed by atoms with Crippen molar-refractivity contribution in [1.82, 2.24) is 0 Å². The summed E-state index contributed by atoms with van der Waals surface area (Å²) in [7, 11) is -11.7. The molecule has 2 aliphatic rings. The standard InChI is InChI=1S/C17H17F7O3S2/c18-13-8-7-12-9-14(11-5-3-1-2-4-6-11)28(15(12)10-13,16(19,20)21)27-29(25,26)17(22,23)24/h7-11H,1-6H2. The van der Waals surface area contributed by atoms with E-state index >= 15 is 0 Å². The molecule has 0 saturated heterocycles. The van der Waals surface area contributed by atoms with Gasteiger partial charge in [-0.15, -0.1) is 0 Å². The molecule has 3 rings (SSSR count). The molecule has 1 aromatic rings. The fourth-order valence-electron chi connectivity index (χ4n) is 3.70. The molecule has 1 heterocycles. The molecule has 1 atom stereocenters. The average Bonchev–Trinajstić information content (AvgIpc) is 2.74. The van der Waals surface area contributed by atoms with Gasteiger partial charge in [-0.05, 0) is 42.5 Å². The molecule has 12 heteroatoms. The number of benzene rings is 1. The fraction of sp³-hybridized carbons (Fsp3) is 0.529. The highest BCUT2D eigenvalue weighted by Gasteiger charge is 2.65. The average molecular weight is 466 g/mol. The molecule has 0 amide bonds. The minimum atomic E-state index is -6.61. The van der Waals surface area contributed by atoms with E-state index in [-0.39, 0.29) is 18.4 Å². The van der Waals surface area contributed by atoms with Crippen LogP contribution in [0.15, 0.2) is 28.0 Å². The van der Waals surface area contributed by atoms with Crippen LogP contribution in [-0.4, -0.2) is 19.4 Å². The molecule has 0 aromatic heterocycles. The summed E-state index contributed by atoms with van der Waals surface area (Å²) in [5.41, 5.74) is -11.7. The summed E-state index contributed by atoms with van der Waals surface area (Å²) in [5.74, 6) is -1.94. The third-order valence-corrected chi connectivity index (χ3v) is 9.81. The first-order valence-electron chi connectivity index (χ1n) is 8.73. The number of allylic oxidation sites excluding steroid dienone is 1. The zero-order valence-corrected chi connectivity index (χ0v) is 16.4. The van der Waals surface area contributed by atoms with Crippen molar-refractivity contribution in [2.45, 2.75) is 54.4 Å². The third kappa shape index (κ3) is 3.90. The summed E-state index contributed by atoms with van der Waals surface area (Å²) in [6.45, 7) is 0. The van der Waals surface area contributed by atoms with Crippen LogP contribution in [0.1, 0.15) is 44.1 Å². The third-order valence-electron chi connectivity index (χ3n) is 4.97. The highest BCUT2D eigenvalue weighted by molar-refractivity contribution is 8.37. The Morgan fingerprint density at radius 2 is 1.55 bits per heavy atom. The van der Waals surface area contributed by atoms with Gasteiger partial charge in [-0.25, -0.2) is 4.39 Å². The van der Waals surface area contributed by atoms with Crippen molar-refractivity contribution >= 4 is 26.5 Å². The van der Waals surface area contributed by atoms with Crippen molar-refractivity contribution in [1.29, 1.82) is 0 Å². The second-order valence-electron chi connectivity index (χ2n) is 6.89. The van der Waals surface area contributed by atoms with Crippen LogP contribution >= 0.6 is 10.3 Å². The molecule has 0 radical (unpaired) electrons. The van der Waals surface area contributed by atoms with Crippen LogP contribution in [-0.2, 0) is 13.7 Å². The first-order valence-corrected chi connectivity index (χ1v) is 11.7. The van der Waals surface area contributed by atoms with E-state index in [2.05, 4.69) is 3.63 Å². The van der Waals surface area contributed by atoms with E-state index in [1.165, 1.54) is 0 Å². The lowest BCUT2D eigenvalue weighted by Crippen LogP contribution is -2.33. The maximum Gasteiger partial charge on any atom is 0.523 e. The van der Waals surface area contributed by atoms with Crippen LogP contribution in [0.3, 0.4) is 0 Å². The van der Waals surface area contributed by atoms with E-state index in [1.54, 1.807) is 0 Å². The smallest absolute Gasteiger partial charge is 0.207 e. The van der Waals surface area contributed by atoms with Crippen molar-refractivity contribution in [2.24, 2.45) is 5.92 Å². The molecule has 1 saturated carbocycles. The van der Waals surface area contributed by atoms with Gasteiger partial charge in [-0.3, -0.25) is 0 Å². The predicted molar refractivity (Wildman–Crippen MR) is 93.5 cm³/mol. The molecule has 1 aromatic carbocycles. The molecule has 1 unspecified atom stereocenters. The monoisotopic (exact) mass is 466 g/mol. The molecular weight excluding hydrogens is 449 g/mol. The van der Waals surface area contributed by atoms with Gasteiger partial charge in [-0.1, -0.05) is 31.7 Å². The highest BCUT2D eigenvalue weighted by Crippen LogP contribution is 2.79. The fourth-order valence-corrected chi connectivity index (χ4v) is 8.51. The maximum absolute atomic E-state index is 14.4. The van der Waals surface area contributed by atoms with E-state index < -0.39 is 53.0 Å². The number of rotatable bonds is 3. The quantitative estimate of drug-likeness (QED) is 0.286. The van der Waals surface area contributed by atoms with Crippen LogP contribution in [0.25, 0.3) is 6.08 Å². The molecular formula is C17H17F7O3S2. The number of alkyl halides is 6. The molecule has 0 N–H and O–H groups in total. The van der Waals surface area contributed by atoms with Crippen LogP contribution in [0.4, 0.5) is 30.7 Å². The summed E-state index contributed by atoms with van der Waals surface area (Å²) < 4.78 is 123. The van der Waals surface area contributed by atoms with Crippen molar-refractivity contribution in [3.63, 3.8) is 0 Å². The van der Waals surface area contributed by atoms with E-state index in [9.17, 15) is 39.2 Å². The largest absolute Gasteiger partial charge is 0.523 e. The van der Waals surface area contributed by atoms with Crippen molar-refractivity contribution < 1.29 is 42.8 Å². The second kappa shape index (κ2) is 7.45. The Hall–Kier alpha value is -1.27. The number of fused-ring (bicyclic) bond motifs is 1. The lowest BCUT2D eigenvalue weighted by atomic mass is 9.98. The lowest BCUT2D eigenvalue weighted by molar-refractivity contribution is -0.0547. The molecule has 0 spiro atoms. The molecule has 164 valence electrons. The SMILES string of the molecule is O=S(=O)(OS1(C(F)(F)F)C(C2CCCCCC2)=Cc2ccc(F)cc21)C(F)(F)F. The predicted octanol–water partition coefficient (Wildman–Crippen LogP) is 6.62. The lowest BCUT2D eigenvalue weighted by Gasteiger charge is -2.41. The maximum atomic E-state index is 14.4. The number of hydrogen-bond donors (Lipinski definition) is 0. The number of hydrogen-bond acceptors (Lipinski definition) is 3. The van der Waals surface area contributed by atoms with Crippen molar-refractivity contribution in [3.05, 3.63) is 34.5 Å². The molecule has 1 aliphatic carbocycles. The van der Waals surface area contributed by atoms with E-state index in [0.717, 1.165) is 31.1 Å². The van der Waals surface area contributed by atoms with Crippen molar-refractivity contribution in [3.8, 4) is 0 Å². The van der Waals surface area contributed by atoms with Gasteiger partial charge >= 0.3 is 21.1 Å². The minimum Gasteiger partial charge on any atom is -0.207 e. The molecule has 1 fully saturated rings. The Labute approximate surface area is 164 Å². The van der Waals surface area contributed by atoms with Gasteiger partial charge in [0.1, 0.15) is 5.82 Å². The molecule has 29 heavy (non-hydrogen) atoms. The normalized spacial score (nSPS) is 26.4. The molecule has 0 bridgehead atoms. The zero-order chi connectivity index (χ0) is 21.7. The van der Waals surface area contributed by atoms with Gasteiger partial charge in [0.15, 0.2) is 0 Å². The summed E-state index contributed by atoms with van der Waals surface area (Å²) >= 11 is 0. The van der Waals surface area contributed by atoms with Crippen LogP contribution in [0.2, 0.25) is 0 Å².